The van der Waals surface area contributed by atoms with Gasteiger partial charge in [-0.25, -0.2) is 14.2 Å². The zero-order valence-corrected chi connectivity index (χ0v) is 14.6. The Balaban J connectivity index is 1.52. The number of rotatable bonds is 2. The highest BCUT2D eigenvalue weighted by molar-refractivity contribution is 5.83. The van der Waals surface area contributed by atoms with Gasteiger partial charge in [0.2, 0.25) is 5.91 Å². The van der Waals surface area contributed by atoms with Crippen LogP contribution in [0.1, 0.15) is 30.7 Å². The monoisotopic (exact) mass is 362 g/mol. The molecule has 0 spiro atoms. The van der Waals surface area contributed by atoms with Crippen LogP contribution in [0.3, 0.4) is 0 Å². The fourth-order valence-corrected chi connectivity index (χ4v) is 5.62. The van der Waals surface area contributed by atoms with Crippen LogP contribution < -0.4 is 10.9 Å². The molecule has 5 fully saturated rings. The number of halogens is 2. The molecule has 5 heterocycles. The Morgan fingerprint density at radius 1 is 1.12 bits per heavy atom. The Morgan fingerprint density at radius 2 is 1.92 bits per heavy atom. The Bertz CT molecular complexity index is 715. The van der Waals surface area contributed by atoms with Gasteiger partial charge in [-0.2, -0.15) is 0 Å². The second-order valence-corrected chi connectivity index (χ2v) is 8.01. The molecule has 5 aliphatic rings. The van der Waals surface area contributed by atoms with Crippen LogP contribution in [0.4, 0.5) is 8.78 Å². The molecule has 5 saturated heterocycles. The van der Waals surface area contributed by atoms with Crippen LogP contribution in [0, 0.1) is 17.6 Å². The minimum atomic E-state index is -0.804. The number of hydrogen-bond donors (Lipinski definition) is 2. The molecule has 2 N–H and O–H groups in total. The van der Waals surface area contributed by atoms with Crippen molar-refractivity contribution in [2.24, 2.45) is 5.92 Å². The lowest BCUT2D eigenvalue weighted by molar-refractivity contribution is -0.138. The van der Waals surface area contributed by atoms with Crippen molar-refractivity contribution < 1.29 is 13.6 Å². The Kier molecular flexibility index (Phi) is 3.99. The van der Waals surface area contributed by atoms with Crippen molar-refractivity contribution in [3.05, 3.63) is 35.4 Å². The molecule has 1 amide bonds. The number of fused-ring (bicyclic) bond motifs is 2. The number of carbonyl (C=O) groups excluding carboxylic acids is 1. The predicted octanol–water partition coefficient (Wildman–Crippen LogP) is 1.22. The first-order valence-corrected chi connectivity index (χ1v) is 9.62. The molecule has 1 unspecified atom stereocenters. The topological polar surface area (TPSA) is 47.6 Å². The van der Waals surface area contributed by atoms with Crippen molar-refractivity contribution in [1.29, 1.82) is 0 Å². The molecular formula is C19H24F2N4O. The van der Waals surface area contributed by atoms with Crippen LogP contribution in [0.5, 0.6) is 0 Å². The summed E-state index contributed by atoms with van der Waals surface area (Å²) >= 11 is 0. The third kappa shape index (κ3) is 2.41. The molecule has 0 aliphatic carbocycles. The second-order valence-electron chi connectivity index (χ2n) is 8.01. The number of piperidine rings is 3. The standard InChI is InChI=1S/C19H24F2N4O/c20-14-3-1-2-12(16(14)21)13-10-25(19(26)15-4-7-22-23-15)17-11-5-8-24(9-6-11)18(13)17/h1-3,11,13,15,17-18,22-23H,4-10H2/t13-,15?,17+,18+/m1/s1. The van der Waals surface area contributed by atoms with Crippen LogP contribution in [0.25, 0.3) is 0 Å². The van der Waals surface area contributed by atoms with E-state index in [1.165, 1.54) is 0 Å². The van der Waals surface area contributed by atoms with Gasteiger partial charge >= 0.3 is 0 Å². The van der Waals surface area contributed by atoms with Gasteiger partial charge in [0.25, 0.3) is 0 Å². The van der Waals surface area contributed by atoms with Crippen LogP contribution in [-0.4, -0.2) is 60.0 Å². The quantitative estimate of drug-likeness (QED) is 0.831. The Hall–Kier alpha value is -1.57. The number of hydrogen-bond acceptors (Lipinski definition) is 4. The van der Waals surface area contributed by atoms with Gasteiger partial charge in [-0.3, -0.25) is 15.1 Å². The maximum absolute atomic E-state index is 14.6. The zero-order chi connectivity index (χ0) is 17.8. The number of nitrogens with one attached hydrogen (secondary N) is 2. The number of carbonyl (C=O) groups is 1. The van der Waals surface area contributed by atoms with Crippen molar-refractivity contribution >= 4 is 5.91 Å². The molecule has 1 aromatic carbocycles. The maximum atomic E-state index is 14.6. The molecule has 7 heteroatoms. The first-order chi connectivity index (χ1) is 12.6. The molecule has 0 radical (unpaired) electrons. The molecular weight excluding hydrogens is 338 g/mol. The fraction of sp³-hybridized carbons (Fsp3) is 0.632. The smallest absolute Gasteiger partial charge is 0.241 e. The largest absolute Gasteiger partial charge is 0.336 e. The molecule has 140 valence electrons. The summed E-state index contributed by atoms with van der Waals surface area (Å²) in [6, 6.07) is 4.41. The van der Waals surface area contributed by atoms with E-state index < -0.39 is 11.6 Å². The number of likely N-dealkylation sites (tertiary alicyclic amines) is 1. The number of nitrogens with zero attached hydrogens (tertiary/aromatic N) is 2. The normalized spacial score (nSPS) is 38.6. The maximum Gasteiger partial charge on any atom is 0.241 e. The summed E-state index contributed by atoms with van der Waals surface area (Å²) in [5, 5.41) is 0. The first-order valence-electron chi connectivity index (χ1n) is 9.62. The minimum Gasteiger partial charge on any atom is -0.336 e. The van der Waals surface area contributed by atoms with Crippen LogP contribution >= 0.6 is 0 Å². The van der Waals surface area contributed by atoms with E-state index in [0.29, 0.717) is 18.0 Å². The highest BCUT2D eigenvalue weighted by Gasteiger charge is 2.55. The predicted molar refractivity (Wildman–Crippen MR) is 92.2 cm³/mol. The van der Waals surface area contributed by atoms with E-state index in [0.717, 1.165) is 45.0 Å². The van der Waals surface area contributed by atoms with Gasteiger partial charge in [0.15, 0.2) is 11.6 Å². The van der Waals surface area contributed by atoms with E-state index in [-0.39, 0.29) is 30.0 Å². The fourth-order valence-electron chi connectivity index (χ4n) is 5.62. The van der Waals surface area contributed by atoms with Crippen molar-refractivity contribution in [3.63, 3.8) is 0 Å². The zero-order valence-electron chi connectivity index (χ0n) is 14.6. The van der Waals surface area contributed by atoms with E-state index in [1.54, 1.807) is 12.1 Å². The SMILES string of the molecule is O=C(C1CCNN1)N1C[C@H](c2cccc(F)c2F)[C@H]2[C@@H]1C1CCN2CC1. The average Bonchev–Trinajstić information content (AvgIpc) is 3.33. The van der Waals surface area contributed by atoms with Crippen molar-refractivity contribution in [1.82, 2.24) is 20.7 Å². The summed E-state index contributed by atoms with van der Waals surface area (Å²) in [7, 11) is 0. The third-order valence-corrected chi connectivity index (χ3v) is 6.79. The van der Waals surface area contributed by atoms with Gasteiger partial charge in [0, 0.05) is 25.0 Å². The third-order valence-electron chi connectivity index (χ3n) is 6.79. The molecule has 5 aliphatic heterocycles. The summed E-state index contributed by atoms with van der Waals surface area (Å²) in [6.45, 7) is 3.23. The summed E-state index contributed by atoms with van der Waals surface area (Å²) in [5.74, 6) is -1.17. The van der Waals surface area contributed by atoms with Crippen molar-refractivity contribution in [2.45, 2.75) is 43.3 Å². The van der Waals surface area contributed by atoms with Crippen LogP contribution in [-0.2, 0) is 4.79 Å². The van der Waals surface area contributed by atoms with Crippen molar-refractivity contribution in [2.75, 3.05) is 26.2 Å². The highest BCUT2D eigenvalue weighted by Crippen LogP contribution is 2.47. The second kappa shape index (κ2) is 6.25. The van der Waals surface area contributed by atoms with Gasteiger partial charge in [0.05, 0.1) is 6.04 Å². The number of benzene rings is 1. The van der Waals surface area contributed by atoms with E-state index in [1.807, 2.05) is 4.90 Å². The van der Waals surface area contributed by atoms with Gasteiger partial charge in [-0.05, 0) is 49.9 Å². The first kappa shape index (κ1) is 16.6. The van der Waals surface area contributed by atoms with E-state index in [2.05, 4.69) is 15.8 Å². The molecule has 0 aromatic heterocycles. The van der Waals surface area contributed by atoms with Crippen LogP contribution in [0.2, 0.25) is 0 Å². The van der Waals surface area contributed by atoms with E-state index in [9.17, 15) is 13.6 Å². The number of hydrazine groups is 1. The molecule has 26 heavy (non-hydrogen) atoms. The summed E-state index contributed by atoms with van der Waals surface area (Å²) < 4.78 is 28.4. The van der Waals surface area contributed by atoms with Crippen LogP contribution in [0.15, 0.2) is 18.2 Å². The van der Waals surface area contributed by atoms with Crippen molar-refractivity contribution in [3.8, 4) is 0 Å². The van der Waals surface area contributed by atoms with Gasteiger partial charge < -0.3 is 4.90 Å². The van der Waals surface area contributed by atoms with E-state index in [4.69, 9.17) is 0 Å². The van der Waals surface area contributed by atoms with Gasteiger partial charge in [-0.1, -0.05) is 12.1 Å². The molecule has 4 atom stereocenters. The molecule has 6 rings (SSSR count). The van der Waals surface area contributed by atoms with E-state index >= 15 is 0 Å². The average molecular weight is 362 g/mol. The summed E-state index contributed by atoms with van der Waals surface area (Å²) in [4.78, 5) is 17.5. The van der Waals surface area contributed by atoms with Gasteiger partial charge in [0.1, 0.15) is 6.04 Å². The number of amides is 1. The Morgan fingerprint density at radius 3 is 2.65 bits per heavy atom. The summed E-state index contributed by atoms with van der Waals surface area (Å²) in [6.07, 6.45) is 2.93. The molecule has 1 aromatic rings. The lowest BCUT2D eigenvalue weighted by atomic mass is 9.75. The highest BCUT2D eigenvalue weighted by atomic mass is 19.2. The molecule has 0 saturated carbocycles. The summed E-state index contributed by atoms with van der Waals surface area (Å²) in [5.41, 5.74) is 6.50. The Labute approximate surface area is 151 Å². The van der Waals surface area contributed by atoms with Gasteiger partial charge in [-0.15, -0.1) is 0 Å². The lowest BCUT2D eigenvalue weighted by Crippen LogP contribution is -2.62. The molecule has 2 bridgehead atoms. The molecule has 5 nitrogen and oxygen atoms in total. The minimum absolute atomic E-state index is 0.0945. The lowest BCUT2D eigenvalue weighted by Gasteiger charge is -2.51.